The van der Waals surface area contributed by atoms with Crippen LogP contribution in [0, 0.1) is 0 Å². The average molecular weight is 173 g/mol. The molecule has 1 saturated heterocycles. The molecule has 1 atom stereocenters. The molecule has 1 heterocycles. The third-order valence-electron chi connectivity index (χ3n) is 2.20. The van der Waals surface area contributed by atoms with Crippen LogP contribution in [0.15, 0.2) is 0 Å². The average Bonchev–Trinajstić information content (AvgIpc) is 2.13. The lowest BCUT2D eigenvalue weighted by molar-refractivity contribution is 0.306. The van der Waals surface area contributed by atoms with Gasteiger partial charge >= 0.3 is 0 Å². The van der Waals surface area contributed by atoms with Crippen molar-refractivity contribution >= 4 is 11.9 Å². The first-order chi connectivity index (χ1) is 5.22. The molecular formula is C9H19NS. The maximum absolute atomic E-state index is 2.55. The predicted molar refractivity (Wildman–Crippen MR) is 52.7 cm³/mol. The van der Waals surface area contributed by atoms with Gasteiger partial charge in [0.1, 0.15) is 0 Å². The molecule has 0 aromatic rings. The Bertz CT molecular complexity index is 114. The van der Waals surface area contributed by atoms with Crippen molar-refractivity contribution < 1.29 is 0 Å². The van der Waals surface area contributed by atoms with Gasteiger partial charge in [-0.25, -0.2) is 4.31 Å². The van der Waals surface area contributed by atoms with Crippen molar-refractivity contribution in [3.8, 4) is 0 Å². The minimum atomic E-state index is 0.702. The lowest BCUT2D eigenvalue weighted by Crippen LogP contribution is -2.31. The van der Waals surface area contributed by atoms with Gasteiger partial charge < -0.3 is 0 Å². The Morgan fingerprint density at radius 1 is 1.36 bits per heavy atom. The highest BCUT2D eigenvalue weighted by molar-refractivity contribution is 7.97. The summed E-state index contributed by atoms with van der Waals surface area (Å²) < 4.78 is 2.55. The van der Waals surface area contributed by atoms with Crippen LogP contribution >= 0.6 is 11.9 Å². The molecule has 2 heteroatoms. The zero-order valence-electron chi connectivity index (χ0n) is 7.84. The fourth-order valence-electron chi connectivity index (χ4n) is 1.62. The molecule has 0 amide bonds. The topological polar surface area (TPSA) is 3.24 Å². The van der Waals surface area contributed by atoms with Gasteiger partial charge in [-0.15, -0.1) is 0 Å². The maximum atomic E-state index is 2.55. The summed E-state index contributed by atoms with van der Waals surface area (Å²) in [7, 11) is 0. The van der Waals surface area contributed by atoms with Crippen LogP contribution in [-0.4, -0.2) is 22.1 Å². The molecule has 0 saturated carbocycles. The van der Waals surface area contributed by atoms with Gasteiger partial charge in [0.15, 0.2) is 0 Å². The lowest BCUT2D eigenvalue weighted by atomic mass is 10.1. The smallest absolute Gasteiger partial charge is 0.0177 e. The van der Waals surface area contributed by atoms with Gasteiger partial charge in [-0.1, -0.05) is 18.4 Å². The molecule has 0 aromatic heterocycles. The molecule has 1 rings (SSSR count). The minimum Gasteiger partial charge on any atom is -0.245 e. The molecule has 66 valence electrons. The Morgan fingerprint density at radius 2 is 2.09 bits per heavy atom. The van der Waals surface area contributed by atoms with Gasteiger partial charge in [0.2, 0.25) is 0 Å². The van der Waals surface area contributed by atoms with E-state index in [4.69, 9.17) is 0 Å². The molecule has 1 aliphatic heterocycles. The molecule has 1 aliphatic rings. The fraction of sp³-hybridized carbons (Fsp3) is 1.00. The van der Waals surface area contributed by atoms with Gasteiger partial charge in [0.25, 0.3) is 0 Å². The van der Waals surface area contributed by atoms with E-state index < -0.39 is 0 Å². The number of nitrogens with zero attached hydrogens (tertiary/aromatic N) is 1. The number of hydrogen-bond acceptors (Lipinski definition) is 2. The van der Waals surface area contributed by atoms with Crippen molar-refractivity contribution in [2.24, 2.45) is 0 Å². The van der Waals surface area contributed by atoms with E-state index in [1.54, 1.807) is 0 Å². The SMILES string of the molecule is CC(C)N1SCCCCC1C. The van der Waals surface area contributed by atoms with Gasteiger partial charge in [0, 0.05) is 17.8 Å². The van der Waals surface area contributed by atoms with E-state index in [0.717, 1.165) is 6.04 Å². The van der Waals surface area contributed by atoms with E-state index in [9.17, 15) is 0 Å². The zero-order valence-corrected chi connectivity index (χ0v) is 8.66. The first-order valence-electron chi connectivity index (χ1n) is 4.63. The van der Waals surface area contributed by atoms with Crippen molar-refractivity contribution in [3.63, 3.8) is 0 Å². The van der Waals surface area contributed by atoms with E-state index >= 15 is 0 Å². The largest absolute Gasteiger partial charge is 0.245 e. The van der Waals surface area contributed by atoms with Crippen molar-refractivity contribution in [1.82, 2.24) is 4.31 Å². The van der Waals surface area contributed by atoms with Crippen LogP contribution in [0.4, 0.5) is 0 Å². The molecule has 11 heavy (non-hydrogen) atoms. The van der Waals surface area contributed by atoms with E-state index in [2.05, 4.69) is 25.1 Å². The van der Waals surface area contributed by atoms with Crippen LogP contribution in [0.1, 0.15) is 40.0 Å². The van der Waals surface area contributed by atoms with Crippen molar-refractivity contribution in [1.29, 1.82) is 0 Å². The molecule has 0 bridgehead atoms. The Labute approximate surface area is 74.7 Å². The first-order valence-corrected chi connectivity index (χ1v) is 5.57. The third kappa shape index (κ3) is 2.68. The molecule has 0 spiro atoms. The summed E-state index contributed by atoms with van der Waals surface area (Å²) in [5.74, 6) is 1.32. The van der Waals surface area contributed by atoms with Crippen molar-refractivity contribution in [3.05, 3.63) is 0 Å². The summed E-state index contributed by atoms with van der Waals surface area (Å²) in [5.41, 5.74) is 0. The summed E-state index contributed by atoms with van der Waals surface area (Å²) in [6.07, 6.45) is 4.20. The van der Waals surface area contributed by atoms with Gasteiger partial charge in [0.05, 0.1) is 0 Å². The van der Waals surface area contributed by atoms with E-state index in [-0.39, 0.29) is 0 Å². The Kier molecular flexibility index (Phi) is 3.73. The highest BCUT2D eigenvalue weighted by Gasteiger charge is 2.19. The van der Waals surface area contributed by atoms with Crippen LogP contribution < -0.4 is 0 Å². The van der Waals surface area contributed by atoms with Crippen LogP contribution in [-0.2, 0) is 0 Å². The van der Waals surface area contributed by atoms with Crippen LogP contribution in [0.25, 0.3) is 0 Å². The van der Waals surface area contributed by atoms with E-state index in [0.29, 0.717) is 6.04 Å². The molecule has 0 radical (unpaired) electrons. The van der Waals surface area contributed by atoms with Gasteiger partial charge in [-0.2, -0.15) is 0 Å². The zero-order chi connectivity index (χ0) is 8.27. The van der Waals surface area contributed by atoms with Gasteiger partial charge in [-0.05, 0) is 33.6 Å². The molecule has 1 nitrogen and oxygen atoms in total. The molecule has 0 aliphatic carbocycles. The second-order valence-corrected chi connectivity index (χ2v) is 4.72. The first kappa shape index (κ1) is 9.40. The predicted octanol–water partition coefficient (Wildman–Crippen LogP) is 2.92. The fourth-order valence-corrected chi connectivity index (χ4v) is 2.83. The van der Waals surface area contributed by atoms with Crippen LogP contribution in [0.5, 0.6) is 0 Å². The maximum Gasteiger partial charge on any atom is 0.0177 e. The molecule has 0 aromatic carbocycles. The second kappa shape index (κ2) is 4.36. The van der Waals surface area contributed by atoms with Crippen molar-refractivity contribution in [2.45, 2.75) is 52.1 Å². The molecule has 1 fully saturated rings. The standard InChI is InChI=1S/C9H19NS/c1-8(2)10-9(3)6-4-5-7-11-10/h8-9H,4-7H2,1-3H3. The Hall–Kier alpha value is 0.310. The van der Waals surface area contributed by atoms with Crippen LogP contribution in [0.2, 0.25) is 0 Å². The highest BCUT2D eigenvalue weighted by atomic mass is 32.2. The minimum absolute atomic E-state index is 0.702. The lowest BCUT2D eigenvalue weighted by Gasteiger charge is -2.29. The van der Waals surface area contributed by atoms with Gasteiger partial charge in [-0.3, -0.25) is 0 Å². The third-order valence-corrected chi connectivity index (χ3v) is 3.75. The second-order valence-electron chi connectivity index (χ2n) is 3.63. The number of rotatable bonds is 1. The Balaban J connectivity index is 2.45. The number of hydrogen-bond donors (Lipinski definition) is 0. The monoisotopic (exact) mass is 173 g/mol. The highest BCUT2D eigenvalue weighted by Crippen LogP contribution is 2.26. The van der Waals surface area contributed by atoms with Crippen molar-refractivity contribution in [2.75, 3.05) is 5.75 Å². The molecular weight excluding hydrogens is 154 g/mol. The molecule has 1 unspecified atom stereocenters. The van der Waals surface area contributed by atoms with E-state index in [1.165, 1.54) is 25.0 Å². The summed E-state index contributed by atoms with van der Waals surface area (Å²) in [6, 6.07) is 1.48. The van der Waals surface area contributed by atoms with E-state index in [1.807, 2.05) is 11.9 Å². The summed E-state index contributed by atoms with van der Waals surface area (Å²) >= 11 is 2.03. The Morgan fingerprint density at radius 3 is 2.73 bits per heavy atom. The quantitative estimate of drug-likeness (QED) is 0.561. The normalized spacial score (nSPS) is 28.9. The summed E-state index contributed by atoms with van der Waals surface area (Å²) in [4.78, 5) is 0. The van der Waals surface area contributed by atoms with Crippen LogP contribution in [0.3, 0.4) is 0 Å². The summed E-state index contributed by atoms with van der Waals surface area (Å²) in [5, 5.41) is 0. The molecule has 0 N–H and O–H groups in total. The summed E-state index contributed by atoms with van der Waals surface area (Å²) in [6.45, 7) is 6.92.